The molecule has 1 amide bonds. The Hall–Kier alpha value is -1.22. The molecule has 0 aliphatic carbocycles. The van der Waals surface area contributed by atoms with Gasteiger partial charge in [-0.25, -0.2) is 4.79 Å². The third-order valence-electron chi connectivity index (χ3n) is 5.94. The van der Waals surface area contributed by atoms with Crippen molar-refractivity contribution < 1.29 is 19.1 Å². The van der Waals surface area contributed by atoms with Crippen molar-refractivity contribution in [3.8, 4) is 0 Å². The number of aryl methyl sites for hydroxylation is 1. The first-order valence-electron chi connectivity index (χ1n) is 10.3. The maximum absolute atomic E-state index is 13.2. The van der Waals surface area contributed by atoms with E-state index in [4.69, 9.17) is 4.43 Å². The first-order valence-corrected chi connectivity index (χ1v) is 14.9. The first kappa shape index (κ1) is 23.4. The Kier molecular flexibility index (Phi) is 6.82. The van der Waals surface area contributed by atoms with Crippen molar-refractivity contribution in [2.24, 2.45) is 11.3 Å². The smallest absolute Gasteiger partial charge is 0.354 e. The van der Waals surface area contributed by atoms with Crippen LogP contribution in [0, 0.1) is 11.3 Å². The molecule has 0 aromatic heterocycles. The van der Waals surface area contributed by atoms with Gasteiger partial charge in [0.2, 0.25) is 5.91 Å². The van der Waals surface area contributed by atoms with Crippen molar-refractivity contribution in [2.75, 3.05) is 5.75 Å². The number of amides is 1. The first-order chi connectivity index (χ1) is 14.0. The van der Waals surface area contributed by atoms with Crippen molar-refractivity contribution in [1.82, 2.24) is 4.90 Å². The Morgan fingerprint density at radius 2 is 1.87 bits per heavy atom. The standard InChI is InChI=1S/C22H31NO4S2Si/c1-21(2,3)22(4,27-30(5)6)15-17(24)23-16(19(25)26)20(29-18(15)23)28-13-12-14-10-8-7-9-11-14/h7-11,15,18,30H,12-13H2,1-6H3,(H,25,26)/t15-,18-,22+/m1/s1. The van der Waals surface area contributed by atoms with Crippen LogP contribution < -0.4 is 0 Å². The van der Waals surface area contributed by atoms with Crippen molar-refractivity contribution in [1.29, 1.82) is 0 Å². The van der Waals surface area contributed by atoms with Crippen molar-refractivity contribution >= 4 is 44.4 Å². The van der Waals surface area contributed by atoms with Gasteiger partial charge >= 0.3 is 5.97 Å². The van der Waals surface area contributed by atoms with Crippen LogP contribution in [0.2, 0.25) is 13.1 Å². The van der Waals surface area contributed by atoms with Gasteiger partial charge in [-0.1, -0.05) is 62.9 Å². The van der Waals surface area contributed by atoms with Gasteiger partial charge in [0.25, 0.3) is 0 Å². The van der Waals surface area contributed by atoms with Crippen molar-refractivity contribution in [3.63, 3.8) is 0 Å². The maximum atomic E-state index is 13.2. The lowest BCUT2D eigenvalue weighted by Crippen LogP contribution is -2.69. The van der Waals surface area contributed by atoms with Crippen LogP contribution in [0.3, 0.4) is 0 Å². The van der Waals surface area contributed by atoms with Gasteiger partial charge in [0, 0.05) is 5.75 Å². The fourth-order valence-corrected chi connectivity index (χ4v) is 8.49. The summed E-state index contributed by atoms with van der Waals surface area (Å²) < 4.78 is 7.19. The number of β-lactam (4-membered cyclic amide) rings is 1. The van der Waals surface area contributed by atoms with Gasteiger partial charge < -0.3 is 9.53 Å². The summed E-state index contributed by atoms with van der Waals surface area (Å²) in [6.45, 7) is 12.5. The van der Waals surface area contributed by atoms with Gasteiger partial charge in [-0.05, 0) is 37.4 Å². The number of carbonyl (C=O) groups excluding carboxylic acids is 1. The molecular weight excluding hydrogens is 434 g/mol. The zero-order valence-electron chi connectivity index (χ0n) is 18.5. The molecule has 3 rings (SSSR count). The highest BCUT2D eigenvalue weighted by Gasteiger charge is 2.65. The highest BCUT2D eigenvalue weighted by atomic mass is 32.2. The van der Waals surface area contributed by atoms with Crippen LogP contribution in [0.5, 0.6) is 0 Å². The number of aliphatic carboxylic acids is 1. The number of carbonyl (C=O) groups is 2. The highest BCUT2D eigenvalue weighted by Crippen LogP contribution is 2.58. The zero-order valence-corrected chi connectivity index (χ0v) is 21.3. The Balaban J connectivity index is 1.79. The van der Waals surface area contributed by atoms with E-state index in [2.05, 4.69) is 46.0 Å². The topological polar surface area (TPSA) is 66.8 Å². The van der Waals surface area contributed by atoms with Crippen molar-refractivity contribution in [3.05, 3.63) is 45.8 Å². The molecule has 3 atom stereocenters. The van der Waals surface area contributed by atoms with Crippen LogP contribution >= 0.6 is 23.5 Å². The van der Waals surface area contributed by atoms with E-state index >= 15 is 0 Å². The molecule has 30 heavy (non-hydrogen) atoms. The number of carboxylic acids is 1. The monoisotopic (exact) mass is 465 g/mol. The van der Waals surface area contributed by atoms with Gasteiger partial charge in [-0.2, -0.15) is 0 Å². The summed E-state index contributed by atoms with van der Waals surface area (Å²) >= 11 is 3.05. The van der Waals surface area contributed by atoms with Crippen LogP contribution in [0.25, 0.3) is 0 Å². The molecule has 5 nitrogen and oxygen atoms in total. The normalized spacial score (nSPS) is 23.4. The molecule has 0 radical (unpaired) electrons. The van der Waals surface area contributed by atoms with Crippen LogP contribution in [0.4, 0.5) is 0 Å². The second kappa shape index (κ2) is 8.73. The second-order valence-electron chi connectivity index (χ2n) is 9.24. The predicted octanol–water partition coefficient (Wildman–Crippen LogP) is 4.55. The minimum Gasteiger partial charge on any atom is -0.477 e. The Morgan fingerprint density at radius 3 is 2.40 bits per heavy atom. The van der Waals surface area contributed by atoms with Gasteiger partial charge in [-0.3, -0.25) is 9.69 Å². The Morgan fingerprint density at radius 1 is 1.23 bits per heavy atom. The predicted molar refractivity (Wildman–Crippen MR) is 127 cm³/mol. The molecule has 1 saturated heterocycles. The zero-order chi connectivity index (χ0) is 22.3. The molecule has 1 N–H and O–H groups in total. The Bertz CT molecular complexity index is 852. The lowest BCUT2D eigenvalue weighted by molar-refractivity contribution is -0.173. The lowest BCUT2D eigenvalue weighted by atomic mass is 9.66. The third-order valence-corrected chi connectivity index (χ3v) is 9.54. The molecule has 1 aromatic rings. The summed E-state index contributed by atoms with van der Waals surface area (Å²) in [5.74, 6) is -0.737. The van der Waals surface area contributed by atoms with E-state index in [1.54, 1.807) is 0 Å². The van der Waals surface area contributed by atoms with Crippen LogP contribution in [0.1, 0.15) is 33.3 Å². The molecule has 8 heteroatoms. The van der Waals surface area contributed by atoms with Gasteiger partial charge in [0.1, 0.15) is 5.37 Å². The fourth-order valence-electron chi connectivity index (χ4n) is 4.00. The van der Waals surface area contributed by atoms with Crippen LogP contribution in [-0.2, 0) is 20.4 Å². The molecule has 1 aromatic carbocycles. The largest absolute Gasteiger partial charge is 0.477 e. The SMILES string of the molecule is C[SiH](C)O[C@@](C)([C@@H]1C(=O)N2C(C(=O)O)=C(SCCc3ccccc3)S[C@H]12)C(C)(C)C. The van der Waals surface area contributed by atoms with E-state index in [1.807, 2.05) is 25.1 Å². The third kappa shape index (κ3) is 4.24. The molecule has 0 spiro atoms. The number of benzene rings is 1. The summed E-state index contributed by atoms with van der Waals surface area (Å²) in [4.78, 5) is 26.7. The van der Waals surface area contributed by atoms with E-state index in [1.165, 1.54) is 34.0 Å². The number of hydrogen-bond donors (Lipinski definition) is 1. The number of carboxylic acid groups (broad SMARTS) is 1. The van der Waals surface area contributed by atoms with Gasteiger partial charge in [0.05, 0.1) is 15.8 Å². The second-order valence-corrected chi connectivity index (χ2v) is 14.1. The highest BCUT2D eigenvalue weighted by molar-refractivity contribution is 8.22. The van der Waals surface area contributed by atoms with E-state index in [9.17, 15) is 14.7 Å². The number of hydrogen-bond acceptors (Lipinski definition) is 5. The van der Waals surface area contributed by atoms with Crippen LogP contribution in [-0.4, -0.2) is 47.7 Å². The summed E-state index contributed by atoms with van der Waals surface area (Å²) in [7, 11) is -1.42. The lowest BCUT2D eigenvalue weighted by Gasteiger charge is -2.56. The van der Waals surface area contributed by atoms with E-state index < -0.39 is 20.6 Å². The van der Waals surface area contributed by atoms with E-state index in [0.717, 1.165) is 16.4 Å². The van der Waals surface area contributed by atoms with E-state index in [-0.39, 0.29) is 28.3 Å². The van der Waals surface area contributed by atoms with Gasteiger partial charge in [-0.15, -0.1) is 11.8 Å². The van der Waals surface area contributed by atoms with Crippen molar-refractivity contribution in [2.45, 2.75) is 58.2 Å². The van der Waals surface area contributed by atoms with Crippen LogP contribution in [0.15, 0.2) is 40.3 Å². The summed E-state index contributed by atoms with van der Waals surface area (Å²) in [6, 6.07) is 10.1. The number of thioether (sulfide) groups is 2. The molecule has 0 saturated carbocycles. The maximum Gasteiger partial charge on any atom is 0.354 e. The number of rotatable bonds is 8. The summed E-state index contributed by atoms with van der Waals surface area (Å²) in [5, 5.41) is 9.62. The molecule has 164 valence electrons. The average molecular weight is 466 g/mol. The summed E-state index contributed by atoms with van der Waals surface area (Å²) in [5.41, 5.74) is 0.483. The summed E-state index contributed by atoms with van der Waals surface area (Å²) in [6.07, 6.45) is 0.853. The molecule has 1 fully saturated rings. The molecular formula is C22H31NO4S2Si. The fraction of sp³-hybridized carbons (Fsp3) is 0.545. The molecule has 2 heterocycles. The number of fused-ring (bicyclic) bond motifs is 1. The van der Waals surface area contributed by atoms with E-state index in [0.29, 0.717) is 0 Å². The molecule has 2 aliphatic rings. The molecule has 0 unspecified atom stereocenters. The molecule has 2 aliphatic heterocycles. The average Bonchev–Trinajstić information content (AvgIpc) is 2.95. The minimum atomic E-state index is -1.42. The number of nitrogens with zero attached hydrogens (tertiary/aromatic N) is 1. The molecule has 0 bridgehead atoms. The Labute approximate surface area is 189 Å². The van der Waals surface area contributed by atoms with Gasteiger partial charge in [0.15, 0.2) is 14.7 Å². The quantitative estimate of drug-likeness (QED) is 0.449. The minimum absolute atomic E-state index is 0.129.